The van der Waals surface area contributed by atoms with E-state index in [0.717, 1.165) is 0 Å². The van der Waals surface area contributed by atoms with Crippen LogP contribution in [0.2, 0.25) is 15.1 Å². The molecular formula is C7H3Cl3. The maximum Gasteiger partial charge on any atom is 0.0781 e. The second-order valence-electron chi connectivity index (χ2n) is 1.76. The molecule has 0 aliphatic rings. The van der Waals surface area contributed by atoms with Gasteiger partial charge in [-0.15, -0.1) is 0 Å². The maximum atomic E-state index is 5.64. The van der Waals surface area contributed by atoms with Gasteiger partial charge in [-0.2, -0.15) is 0 Å². The number of benzene rings is 1. The lowest BCUT2D eigenvalue weighted by Gasteiger charge is -2.00. The third-order valence-electron chi connectivity index (χ3n) is 1.07. The molecule has 0 amide bonds. The fourth-order valence-corrected chi connectivity index (χ4v) is 1.08. The molecule has 0 aliphatic carbocycles. The topological polar surface area (TPSA) is 0 Å². The van der Waals surface area contributed by atoms with Gasteiger partial charge in [-0.05, 0) is 11.6 Å². The SMILES string of the molecule is [CH]c1ccc(Cl)c(Cl)c1Cl. The molecule has 0 bridgehead atoms. The normalized spacial score (nSPS) is 10.0. The molecule has 1 aromatic rings. The van der Waals surface area contributed by atoms with E-state index in [9.17, 15) is 0 Å². The van der Waals surface area contributed by atoms with Crippen LogP contribution in [0.4, 0.5) is 0 Å². The van der Waals surface area contributed by atoms with E-state index >= 15 is 0 Å². The molecule has 0 aliphatic heterocycles. The molecule has 0 unspecified atom stereocenters. The van der Waals surface area contributed by atoms with Crippen LogP contribution in [0.15, 0.2) is 12.1 Å². The van der Waals surface area contributed by atoms with Gasteiger partial charge in [0.1, 0.15) is 0 Å². The van der Waals surface area contributed by atoms with Crippen LogP contribution in [0.1, 0.15) is 5.56 Å². The Balaban J connectivity index is 3.34. The summed E-state index contributed by atoms with van der Waals surface area (Å²) >= 11 is 16.9. The van der Waals surface area contributed by atoms with Crippen LogP contribution in [0, 0.1) is 6.92 Å². The van der Waals surface area contributed by atoms with E-state index in [0.29, 0.717) is 20.6 Å². The first-order valence-corrected chi connectivity index (χ1v) is 3.65. The van der Waals surface area contributed by atoms with Crippen LogP contribution in [0.5, 0.6) is 0 Å². The Morgan fingerprint density at radius 1 is 1.00 bits per heavy atom. The van der Waals surface area contributed by atoms with Gasteiger partial charge in [-0.25, -0.2) is 0 Å². The lowest BCUT2D eigenvalue weighted by Crippen LogP contribution is -1.76. The Hall–Kier alpha value is 0.0900. The monoisotopic (exact) mass is 192 g/mol. The first kappa shape index (κ1) is 8.19. The standard InChI is InChI=1S/C7H3Cl3/c1-4-2-3-5(8)7(10)6(4)9/h1-3H. The summed E-state index contributed by atoms with van der Waals surface area (Å²) in [6.45, 7) is 5.41. The van der Waals surface area contributed by atoms with E-state index in [2.05, 4.69) is 0 Å². The second kappa shape index (κ2) is 3.00. The van der Waals surface area contributed by atoms with Gasteiger partial charge in [0, 0.05) is 6.92 Å². The van der Waals surface area contributed by atoms with Crippen molar-refractivity contribution in [1.82, 2.24) is 0 Å². The summed E-state index contributed by atoms with van der Waals surface area (Å²) < 4.78 is 0. The minimum absolute atomic E-state index is 0.309. The molecule has 0 heterocycles. The highest BCUT2D eigenvalue weighted by Gasteiger charge is 2.04. The van der Waals surface area contributed by atoms with Crippen molar-refractivity contribution >= 4 is 34.8 Å². The molecular weight excluding hydrogens is 190 g/mol. The molecule has 2 radical (unpaired) electrons. The second-order valence-corrected chi connectivity index (χ2v) is 2.93. The predicted molar refractivity (Wildman–Crippen MR) is 44.9 cm³/mol. The van der Waals surface area contributed by atoms with Gasteiger partial charge in [0.25, 0.3) is 0 Å². The minimum atomic E-state index is 0.309. The number of hydrogen-bond donors (Lipinski definition) is 0. The Labute approximate surface area is 74.7 Å². The van der Waals surface area contributed by atoms with E-state index in [4.69, 9.17) is 41.7 Å². The highest BCUT2D eigenvalue weighted by molar-refractivity contribution is 6.48. The molecule has 0 saturated heterocycles. The zero-order chi connectivity index (χ0) is 7.72. The molecule has 10 heavy (non-hydrogen) atoms. The highest BCUT2D eigenvalue weighted by atomic mass is 35.5. The first-order valence-electron chi connectivity index (χ1n) is 2.52. The van der Waals surface area contributed by atoms with E-state index in [1.165, 1.54) is 0 Å². The molecule has 0 nitrogen and oxygen atoms in total. The van der Waals surface area contributed by atoms with Gasteiger partial charge in [0.05, 0.1) is 15.1 Å². The van der Waals surface area contributed by atoms with E-state index < -0.39 is 0 Å². The number of rotatable bonds is 0. The van der Waals surface area contributed by atoms with Crippen molar-refractivity contribution in [1.29, 1.82) is 0 Å². The van der Waals surface area contributed by atoms with Crippen molar-refractivity contribution in [3.63, 3.8) is 0 Å². The van der Waals surface area contributed by atoms with Crippen molar-refractivity contribution in [2.75, 3.05) is 0 Å². The van der Waals surface area contributed by atoms with Crippen LogP contribution in [0.25, 0.3) is 0 Å². The van der Waals surface area contributed by atoms with Crippen LogP contribution in [0.3, 0.4) is 0 Å². The predicted octanol–water partition coefficient (Wildman–Crippen LogP) is 3.71. The van der Waals surface area contributed by atoms with Gasteiger partial charge in [0.2, 0.25) is 0 Å². The smallest absolute Gasteiger partial charge is 0.0781 e. The molecule has 0 spiro atoms. The maximum absolute atomic E-state index is 5.64. The van der Waals surface area contributed by atoms with Crippen LogP contribution < -0.4 is 0 Å². The van der Waals surface area contributed by atoms with Gasteiger partial charge >= 0.3 is 0 Å². The third kappa shape index (κ3) is 1.39. The van der Waals surface area contributed by atoms with E-state index in [1.54, 1.807) is 12.1 Å². The molecule has 0 saturated carbocycles. The molecule has 52 valence electrons. The fraction of sp³-hybridized carbons (Fsp3) is 0. The quantitative estimate of drug-likeness (QED) is 0.551. The number of halogens is 3. The summed E-state index contributed by atoms with van der Waals surface area (Å²) in [5, 5.41) is 1.04. The summed E-state index contributed by atoms with van der Waals surface area (Å²) in [7, 11) is 0. The van der Waals surface area contributed by atoms with Crippen molar-refractivity contribution in [3.05, 3.63) is 39.7 Å². The summed E-state index contributed by atoms with van der Waals surface area (Å²) in [5.74, 6) is 0. The molecule has 1 rings (SSSR count). The van der Waals surface area contributed by atoms with E-state index in [-0.39, 0.29) is 0 Å². The Kier molecular flexibility index (Phi) is 2.45. The summed E-state index contributed by atoms with van der Waals surface area (Å²) in [6, 6.07) is 3.21. The van der Waals surface area contributed by atoms with Crippen molar-refractivity contribution in [3.8, 4) is 0 Å². The van der Waals surface area contributed by atoms with Crippen LogP contribution >= 0.6 is 34.8 Å². The molecule has 3 heteroatoms. The zero-order valence-corrected chi connectivity index (χ0v) is 7.13. The summed E-state index contributed by atoms with van der Waals surface area (Å²) in [5.41, 5.74) is 0.441. The van der Waals surface area contributed by atoms with Crippen molar-refractivity contribution in [2.24, 2.45) is 0 Å². The van der Waals surface area contributed by atoms with E-state index in [1.807, 2.05) is 0 Å². The lowest BCUT2D eigenvalue weighted by atomic mass is 10.2. The van der Waals surface area contributed by atoms with Crippen LogP contribution in [-0.2, 0) is 0 Å². The Morgan fingerprint density at radius 2 is 1.60 bits per heavy atom. The van der Waals surface area contributed by atoms with Gasteiger partial charge in [-0.3, -0.25) is 0 Å². The molecule has 0 atom stereocenters. The van der Waals surface area contributed by atoms with Gasteiger partial charge in [0.15, 0.2) is 0 Å². The molecule has 0 N–H and O–H groups in total. The highest BCUT2D eigenvalue weighted by Crippen LogP contribution is 2.31. The van der Waals surface area contributed by atoms with Gasteiger partial charge < -0.3 is 0 Å². The molecule has 0 fully saturated rings. The summed E-state index contributed by atoms with van der Waals surface area (Å²) in [6.07, 6.45) is 0. The third-order valence-corrected chi connectivity index (χ3v) is 2.37. The summed E-state index contributed by atoms with van der Waals surface area (Å²) in [4.78, 5) is 0. The minimum Gasteiger partial charge on any atom is -0.0827 e. The number of hydrogen-bond acceptors (Lipinski definition) is 0. The Morgan fingerprint density at radius 3 is 2.10 bits per heavy atom. The van der Waals surface area contributed by atoms with Crippen molar-refractivity contribution < 1.29 is 0 Å². The largest absolute Gasteiger partial charge is 0.0827 e. The van der Waals surface area contributed by atoms with Gasteiger partial charge in [-0.1, -0.05) is 40.9 Å². The Bertz CT molecular complexity index is 228. The average Bonchev–Trinajstić information content (AvgIpc) is 1.93. The molecule has 1 aromatic carbocycles. The van der Waals surface area contributed by atoms with Crippen molar-refractivity contribution in [2.45, 2.75) is 0 Å². The average molecular weight is 193 g/mol. The lowest BCUT2D eigenvalue weighted by molar-refractivity contribution is 1.61. The molecule has 0 aromatic heterocycles. The zero-order valence-electron chi connectivity index (χ0n) is 4.87. The first-order chi connectivity index (χ1) is 4.63. The fourth-order valence-electron chi connectivity index (χ4n) is 0.541. The van der Waals surface area contributed by atoms with Crippen LogP contribution in [-0.4, -0.2) is 0 Å².